The molecule has 14 nitrogen and oxygen atoms in total. The van der Waals surface area contributed by atoms with E-state index < -0.39 is 80.7 Å². The molecule has 2 fully saturated rings. The number of rotatable bonds is 48. The van der Waals surface area contributed by atoms with Gasteiger partial charge in [0.1, 0.15) is 54.9 Å². The van der Waals surface area contributed by atoms with Crippen LogP contribution >= 0.6 is 0 Å². The van der Waals surface area contributed by atoms with E-state index >= 15 is 0 Å². The van der Waals surface area contributed by atoms with Crippen LogP contribution in [0.1, 0.15) is 226 Å². The molecule has 0 amide bonds. The molecule has 11 atom stereocenters. The molecule has 0 aromatic heterocycles. The van der Waals surface area contributed by atoms with E-state index in [-0.39, 0.29) is 25.6 Å². The maximum Gasteiger partial charge on any atom is 0.306 e. The van der Waals surface area contributed by atoms with Gasteiger partial charge in [0, 0.05) is 13.0 Å². The number of hydrogen-bond donors (Lipinski definition) is 7. The van der Waals surface area contributed by atoms with Gasteiger partial charge in [0.25, 0.3) is 0 Å². The molecule has 7 N–H and O–H groups in total. The van der Waals surface area contributed by atoms with Crippen LogP contribution in [0.2, 0.25) is 0 Å². The monoisotopic (exact) mass is 1050 g/mol. The number of carbonyl (C=O) groups excluding carboxylic acids is 1. The fourth-order valence-corrected chi connectivity index (χ4v) is 9.23. The van der Waals surface area contributed by atoms with Gasteiger partial charge in [-0.05, 0) is 77.0 Å². The molecule has 0 saturated carbocycles. The Balaban J connectivity index is 1.69. The highest BCUT2D eigenvalue weighted by Gasteiger charge is 2.47. The first-order valence-corrected chi connectivity index (χ1v) is 29.7. The summed E-state index contributed by atoms with van der Waals surface area (Å²) in [6, 6.07) is 0. The molecule has 2 heterocycles. The third-order valence-corrected chi connectivity index (χ3v) is 14.1. The molecule has 74 heavy (non-hydrogen) atoms. The van der Waals surface area contributed by atoms with Crippen LogP contribution < -0.4 is 0 Å². The molecule has 11 unspecified atom stereocenters. The number of carbonyl (C=O) groups is 1. The van der Waals surface area contributed by atoms with Crippen LogP contribution in [0.15, 0.2) is 48.6 Å². The van der Waals surface area contributed by atoms with Gasteiger partial charge in [-0.1, -0.05) is 191 Å². The maximum atomic E-state index is 13.1. The Morgan fingerprint density at radius 2 is 0.838 bits per heavy atom. The lowest BCUT2D eigenvalue weighted by Crippen LogP contribution is -2.61. The van der Waals surface area contributed by atoms with Crippen LogP contribution in [0.25, 0.3) is 0 Å². The van der Waals surface area contributed by atoms with Crippen molar-refractivity contribution in [3.8, 4) is 0 Å². The average Bonchev–Trinajstić information content (AvgIpc) is 3.40. The van der Waals surface area contributed by atoms with Gasteiger partial charge in [0.05, 0.1) is 26.4 Å². The van der Waals surface area contributed by atoms with Gasteiger partial charge in [-0.3, -0.25) is 4.79 Å². The zero-order valence-electron chi connectivity index (χ0n) is 46.3. The van der Waals surface area contributed by atoms with Crippen molar-refractivity contribution < 1.29 is 69.0 Å². The molecule has 0 bridgehead atoms. The van der Waals surface area contributed by atoms with E-state index in [4.69, 9.17) is 28.4 Å². The van der Waals surface area contributed by atoms with Crippen molar-refractivity contribution in [1.82, 2.24) is 0 Å². The van der Waals surface area contributed by atoms with Crippen LogP contribution in [0, 0.1) is 0 Å². The van der Waals surface area contributed by atoms with Crippen molar-refractivity contribution in [2.45, 2.75) is 293 Å². The lowest BCUT2D eigenvalue weighted by molar-refractivity contribution is -0.332. The van der Waals surface area contributed by atoms with Crippen LogP contribution in [-0.2, 0) is 33.2 Å². The highest BCUT2D eigenvalue weighted by Crippen LogP contribution is 2.27. The molecule has 2 aliphatic rings. The van der Waals surface area contributed by atoms with Crippen molar-refractivity contribution in [3.63, 3.8) is 0 Å². The van der Waals surface area contributed by atoms with E-state index in [9.17, 15) is 40.5 Å². The average molecular weight is 1050 g/mol. The second-order valence-corrected chi connectivity index (χ2v) is 20.8. The van der Waals surface area contributed by atoms with E-state index in [1.165, 1.54) is 135 Å². The highest BCUT2D eigenvalue weighted by atomic mass is 16.7. The molecule has 0 aromatic rings. The van der Waals surface area contributed by atoms with Crippen LogP contribution in [0.5, 0.6) is 0 Å². The zero-order valence-corrected chi connectivity index (χ0v) is 46.3. The summed E-state index contributed by atoms with van der Waals surface area (Å²) < 4.78 is 34.4. The van der Waals surface area contributed by atoms with Crippen LogP contribution in [0.4, 0.5) is 0 Å². The van der Waals surface area contributed by atoms with Gasteiger partial charge in [-0.25, -0.2) is 0 Å². The van der Waals surface area contributed by atoms with Crippen molar-refractivity contribution >= 4 is 5.97 Å². The maximum absolute atomic E-state index is 13.1. The molecule has 432 valence electrons. The minimum atomic E-state index is -1.71. The minimum absolute atomic E-state index is 0.0558. The second kappa shape index (κ2) is 47.0. The molecule has 2 rings (SSSR count). The summed E-state index contributed by atoms with van der Waals surface area (Å²) in [6.45, 7) is 3.67. The molecule has 2 aliphatic heterocycles. The fourth-order valence-electron chi connectivity index (χ4n) is 9.23. The number of allylic oxidation sites excluding steroid dienone is 8. The van der Waals surface area contributed by atoms with E-state index in [0.29, 0.717) is 13.0 Å². The zero-order chi connectivity index (χ0) is 53.7. The predicted octanol–water partition coefficient (Wildman–Crippen LogP) is 10.7. The highest BCUT2D eigenvalue weighted by molar-refractivity contribution is 5.69. The van der Waals surface area contributed by atoms with Gasteiger partial charge in [-0.2, -0.15) is 0 Å². The molecule has 2 saturated heterocycles. The third kappa shape index (κ3) is 33.3. The van der Waals surface area contributed by atoms with Gasteiger partial charge >= 0.3 is 5.97 Å². The topological polar surface area (TPSA) is 214 Å². The number of ether oxygens (including phenoxy) is 6. The standard InChI is InChI=1S/C60H108O14/c1-3-5-7-9-11-13-15-17-19-20-21-22-23-24-25-26-27-28-29-31-33-35-37-39-41-43-52(62)72-49(46-69-44-42-40-38-36-34-32-30-18-16-14-12-10-8-6-4-2)47-70-59-58(68)56(66)54(64)51(74-59)48-71-60-57(67)55(65)53(63)50(45-61)73-60/h15-18,20-21,23-24,49-51,53-61,63-68H,3-14,19,22,25-48H2,1-2H3/b17-15-,18-16-,21-20-,24-23-. The SMILES string of the molecule is CCCCCCC/C=C\C/C=C\C/C=C\CCCCCCCCCCCCC(=O)OC(COCCCCCCCC/C=C\CCCCCCC)COC1OC(COC2OC(CO)C(O)C(O)C2O)C(O)C(O)C1O. The lowest BCUT2D eigenvalue weighted by Gasteiger charge is -2.42. The molecule has 0 aliphatic carbocycles. The Bertz CT molecular complexity index is 1410. The number of aliphatic hydroxyl groups is 7. The first-order chi connectivity index (χ1) is 36.1. The van der Waals surface area contributed by atoms with E-state index in [2.05, 4.69) is 62.5 Å². The van der Waals surface area contributed by atoms with E-state index in [0.717, 1.165) is 64.2 Å². The molecule has 0 radical (unpaired) electrons. The first-order valence-electron chi connectivity index (χ1n) is 29.7. The molecule has 14 heteroatoms. The fraction of sp³-hybridized carbons (Fsp3) is 0.850. The third-order valence-electron chi connectivity index (χ3n) is 14.1. The summed E-state index contributed by atoms with van der Waals surface area (Å²) >= 11 is 0. The van der Waals surface area contributed by atoms with Gasteiger partial charge < -0.3 is 64.2 Å². The van der Waals surface area contributed by atoms with Gasteiger partial charge in [0.2, 0.25) is 0 Å². The summed E-state index contributed by atoms with van der Waals surface area (Å²) in [5.74, 6) is -0.381. The Labute approximate surface area is 448 Å². The Kier molecular flexibility index (Phi) is 43.2. The number of hydrogen-bond acceptors (Lipinski definition) is 14. The van der Waals surface area contributed by atoms with Gasteiger partial charge in [-0.15, -0.1) is 0 Å². The van der Waals surface area contributed by atoms with Crippen molar-refractivity contribution in [3.05, 3.63) is 48.6 Å². The summed E-state index contributed by atoms with van der Waals surface area (Å²) in [5, 5.41) is 72.3. The molecular weight excluding hydrogens is 945 g/mol. The Hall–Kier alpha value is -2.05. The molecule has 0 aromatic carbocycles. The minimum Gasteiger partial charge on any atom is -0.457 e. The Morgan fingerprint density at radius 3 is 1.32 bits per heavy atom. The summed E-state index contributed by atoms with van der Waals surface area (Å²) in [6.07, 6.45) is 40.3. The van der Waals surface area contributed by atoms with Crippen LogP contribution in [0.3, 0.4) is 0 Å². The number of unbranched alkanes of at least 4 members (excludes halogenated alkanes) is 26. The lowest BCUT2D eigenvalue weighted by atomic mass is 9.98. The van der Waals surface area contributed by atoms with Crippen LogP contribution in [-0.4, -0.2) is 142 Å². The van der Waals surface area contributed by atoms with E-state index in [1.54, 1.807) is 0 Å². The summed E-state index contributed by atoms with van der Waals surface area (Å²) in [4.78, 5) is 13.1. The summed E-state index contributed by atoms with van der Waals surface area (Å²) in [5.41, 5.74) is 0. The van der Waals surface area contributed by atoms with Gasteiger partial charge in [0.15, 0.2) is 12.6 Å². The predicted molar refractivity (Wildman–Crippen MR) is 293 cm³/mol. The molecule has 0 spiro atoms. The smallest absolute Gasteiger partial charge is 0.306 e. The summed E-state index contributed by atoms with van der Waals surface area (Å²) in [7, 11) is 0. The normalized spacial score (nSPS) is 25.1. The number of esters is 1. The van der Waals surface area contributed by atoms with Crippen molar-refractivity contribution in [2.24, 2.45) is 0 Å². The van der Waals surface area contributed by atoms with Crippen molar-refractivity contribution in [1.29, 1.82) is 0 Å². The molecular formula is C60H108O14. The van der Waals surface area contributed by atoms with Crippen molar-refractivity contribution in [2.75, 3.05) is 33.0 Å². The first kappa shape index (κ1) is 68.1. The Morgan fingerprint density at radius 1 is 0.446 bits per heavy atom. The largest absolute Gasteiger partial charge is 0.457 e. The number of aliphatic hydroxyl groups excluding tert-OH is 7. The quantitative estimate of drug-likeness (QED) is 0.0172. The second-order valence-electron chi connectivity index (χ2n) is 20.8. The van der Waals surface area contributed by atoms with E-state index in [1.807, 2.05) is 0 Å².